The second kappa shape index (κ2) is 7.84. The fourth-order valence-corrected chi connectivity index (χ4v) is 2.06. The fraction of sp³-hybridized carbons (Fsp3) is 0.769. The molecule has 0 unspecified atom stereocenters. The quantitative estimate of drug-likeness (QED) is 0.739. The van der Waals surface area contributed by atoms with Gasteiger partial charge >= 0.3 is 0 Å². The van der Waals surface area contributed by atoms with Gasteiger partial charge in [-0.3, -0.25) is 0 Å². The summed E-state index contributed by atoms with van der Waals surface area (Å²) in [6.07, 6.45) is 0. The van der Waals surface area contributed by atoms with E-state index in [4.69, 9.17) is 9.47 Å². The van der Waals surface area contributed by atoms with Crippen molar-refractivity contribution in [3.8, 4) is 0 Å². The van der Waals surface area contributed by atoms with Crippen LogP contribution in [0.2, 0.25) is 0 Å². The van der Waals surface area contributed by atoms with Gasteiger partial charge in [0.05, 0.1) is 31.1 Å². The molecule has 0 saturated heterocycles. The molecule has 18 heavy (non-hydrogen) atoms. The lowest BCUT2D eigenvalue weighted by atomic mass is 10.2. The Morgan fingerprint density at radius 2 is 2.11 bits per heavy atom. The van der Waals surface area contributed by atoms with Crippen molar-refractivity contribution in [1.82, 2.24) is 10.3 Å². The minimum Gasteiger partial charge on any atom is -0.373 e. The molecule has 0 aliphatic heterocycles. The van der Waals surface area contributed by atoms with Gasteiger partial charge < -0.3 is 14.8 Å². The normalized spacial score (nSPS) is 12.0. The molecule has 1 aromatic rings. The summed E-state index contributed by atoms with van der Waals surface area (Å²) in [5.74, 6) is 0. The van der Waals surface area contributed by atoms with E-state index in [1.807, 2.05) is 20.8 Å². The first-order valence-electron chi connectivity index (χ1n) is 6.37. The van der Waals surface area contributed by atoms with Gasteiger partial charge in [0.25, 0.3) is 0 Å². The number of ether oxygens (including phenoxy) is 2. The number of hydrogen-bond donors (Lipinski definition) is 1. The predicted octanol–water partition coefficient (Wildman–Crippen LogP) is 2.58. The Hall–Kier alpha value is -0.490. The highest BCUT2D eigenvalue weighted by atomic mass is 32.1. The molecule has 0 bridgehead atoms. The molecule has 0 aliphatic carbocycles. The van der Waals surface area contributed by atoms with E-state index in [0.29, 0.717) is 19.8 Å². The molecule has 1 heterocycles. The van der Waals surface area contributed by atoms with Crippen LogP contribution in [0.5, 0.6) is 0 Å². The van der Waals surface area contributed by atoms with Crippen molar-refractivity contribution in [2.45, 2.75) is 46.4 Å². The van der Waals surface area contributed by atoms with Crippen LogP contribution in [0.3, 0.4) is 0 Å². The maximum Gasteiger partial charge on any atom is 0.107 e. The molecule has 1 aromatic heterocycles. The molecule has 5 heteroatoms. The number of nitrogens with one attached hydrogen (secondary N) is 1. The van der Waals surface area contributed by atoms with Crippen LogP contribution in [0.1, 0.15) is 38.4 Å². The average molecular weight is 272 g/mol. The van der Waals surface area contributed by atoms with E-state index in [0.717, 1.165) is 23.8 Å². The van der Waals surface area contributed by atoms with Crippen LogP contribution in [0.15, 0.2) is 5.38 Å². The third-order valence-corrected chi connectivity index (χ3v) is 3.04. The third-order valence-electron chi connectivity index (χ3n) is 2.14. The van der Waals surface area contributed by atoms with Gasteiger partial charge in [-0.25, -0.2) is 4.98 Å². The van der Waals surface area contributed by atoms with Gasteiger partial charge in [-0.15, -0.1) is 11.3 Å². The first-order chi connectivity index (χ1) is 8.51. The molecule has 0 radical (unpaired) electrons. The Morgan fingerprint density at radius 3 is 2.78 bits per heavy atom. The van der Waals surface area contributed by atoms with Gasteiger partial charge in [-0.05, 0) is 27.3 Å². The van der Waals surface area contributed by atoms with Crippen LogP contribution in [0, 0.1) is 0 Å². The first kappa shape index (κ1) is 15.6. The zero-order chi connectivity index (χ0) is 13.4. The third kappa shape index (κ3) is 7.06. The van der Waals surface area contributed by atoms with Crippen molar-refractivity contribution < 1.29 is 9.47 Å². The Labute approximate surface area is 114 Å². The standard InChI is InChI=1S/C13H24N2O2S/c1-5-14-8-12-15-11(10-18-12)9-16-6-7-17-13(2,3)4/h10,14H,5-9H2,1-4H3. The van der Waals surface area contributed by atoms with Crippen molar-refractivity contribution >= 4 is 11.3 Å². The van der Waals surface area contributed by atoms with Crippen LogP contribution < -0.4 is 5.32 Å². The van der Waals surface area contributed by atoms with Crippen molar-refractivity contribution in [3.05, 3.63) is 16.1 Å². The van der Waals surface area contributed by atoms with Gasteiger partial charge in [-0.1, -0.05) is 6.92 Å². The molecular weight excluding hydrogens is 248 g/mol. The number of hydrogen-bond acceptors (Lipinski definition) is 5. The average Bonchev–Trinajstić information content (AvgIpc) is 2.72. The molecule has 0 saturated carbocycles. The lowest BCUT2D eigenvalue weighted by Crippen LogP contribution is -2.21. The van der Waals surface area contributed by atoms with Crippen molar-refractivity contribution in [1.29, 1.82) is 0 Å². The predicted molar refractivity (Wildman–Crippen MR) is 74.9 cm³/mol. The summed E-state index contributed by atoms with van der Waals surface area (Å²) in [6, 6.07) is 0. The van der Waals surface area contributed by atoms with Crippen molar-refractivity contribution in [3.63, 3.8) is 0 Å². The first-order valence-corrected chi connectivity index (χ1v) is 7.25. The van der Waals surface area contributed by atoms with Gasteiger partial charge in [-0.2, -0.15) is 0 Å². The maximum atomic E-state index is 5.57. The molecule has 0 aromatic carbocycles. The number of nitrogens with zero attached hydrogens (tertiary/aromatic N) is 1. The lowest BCUT2D eigenvalue weighted by molar-refractivity contribution is -0.0380. The van der Waals surface area contributed by atoms with Crippen molar-refractivity contribution in [2.24, 2.45) is 0 Å². The number of aromatic nitrogens is 1. The number of rotatable bonds is 8. The van der Waals surface area contributed by atoms with Crippen LogP contribution >= 0.6 is 11.3 Å². The molecule has 0 fully saturated rings. The molecule has 0 aliphatic rings. The summed E-state index contributed by atoms with van der Waals surface area (Å²) >= 11 is 1.67. The molecule has 1 rings (SSSR count). The monoisotopic (exact) mass is 272 g/mol. The summed E-state index contributed by atoms with van der Waals surface area (Å²) in [5.41, 5.74) is 0.909. The molecule has 4 nitrogen and oxygen atoms in total. The van der Waals surface area contributed by atoms with E-state index < -0.39 is 0 Å². The number of thiazole rings is 1. The highest BCUT2D eigenvalue weighted by Crippen LogP contribution is 2.10. The van der Waals surface area contributed by atoms with E-state index in [1.165, 1.54) is 0 Å². The highest BCUT2D eigenvalue weighted by molar-refractivity contribution is 7.09. The Morgan fingerprint density at radius 1 is 1.33 bits per heavy atom. The molecule has 0 spiro atoms. The Bertz CT molecular complexity index is 334. The van der Waals surface area contributed by atoms with Crippen LogP contribution in [0.4, 0.5) is 0 Å². The summed E-state index contributed by atoms with van der Waals surface area (Å²) in [7, 11) is 0. The van der Waals surface area contributed by atoms with Crippen LogP contribution in [-0.4, -0.2) is 30.3 Å². The molecular formula is C13H24N2O2S. The van der Waals surface area contributed by atoms with Crippen LogP contribution in [-0.2, 0) is 22.6 Å². The van der Waals surface area contributed by atoms with E-state index >= 15 is 0 Å². The summed E-state index contributed by atoms with van der Waals surface area (Å²) in [5, 5.41) is 6.42. The molecule has 1 N–H and O–H groups in total. The molecule has 0 amide bonds. The second-order valence-electron chi connectivity index (χ2n) is 5.03. The molecule has 104 valence electrons. The van der Waals surface area contributed by atoms with Crippen molar-refractivity contribution in [2.75, 3.05) is 19.8 Å². The summed E-state index contributed by atoms with van der Waals surface area (Å²) in [6.45, 7) is 11.8. The highest BCUT2D eigenvalue weighted by Gasteiger charge is 2.09. The van der Waals surface area contributed by atoms with Crippen LogP contribution in [0.25, 0.3) is 0 Å². The Kier molecular flexibility index (Phi) is 6.78. The smallest absolute Gasteiger partial charge is 0.107 e. The summed E-state index contributed by atoms with van der Waals surface area (Å²) in [4.78, 5) is 4.48. The van der Waals surface area contributed by atoms with Gasteiger partial charge in [0.15, 0.2) is 0 Å². The topological polar surface area (TPSA) is 43.4 Å². The lowest BCUT2D eigenvalue weighted by Gasteiger charge is -2.19. The van der Waals surface area contributed by atoms with Gasteiger partial charge in [0.1, 0.15) is 5.01 Å². The minimum absolute atomic E-state index is 0.0943. The SMILES string of the molecule is CCNCc1nc(COCCOC(C)(C)C)cs1. The maximum absolute atomic E-state index is 5.57. The van der Waals surface area contributed by atoms with Gasteiger partial charge in [0.2, 0.25) is 0 Å². The van der Waals surface area contributed by atoms with Gasteiger partial charge in [0, 0.05) is 11.9 Å². The zero-order valence-electron chi connectivity index (χ0n) is 11.8. The summed E-state index contributed by atoms with van der Waals surface area (Å²) < 4.78 is 11.1. The van der Waals surface area contributed by atoms with E-state index in [1.54, 1.807) is 11.3 Å². The Balaban J connectivity index is 2.13. The van der Waals surface area contributed by atoms with E-state index in [2.05, 4.69) is 22.6 Å². The minimum atomic E-state index is -0.0943. The van der Waals surface area contributed by atoms with E-state index in [9.17, 15) is 0 Å². The second-order valence-corrected chi connectivity index (χ2v) is 5.97. The molecule has 0 atom stereocenters. The largest absolute Gasteiger partial charge is 0.373 e. The zero-order valence-corrected chi connectivity index (χ0v) is 12.6. The fourth-order valence-electron chi connectivity index (χ4n) is 1.31. The van der Waals surface area contributed by atoms with E-state index in [-0.39, 0.29) is 5.60 Å².